The third-order valence-corrected chi connectivity index (χ3v) is 8.41. The molecule has 0 bridgehead atoms. The molecule has 5 atom stereocenters. The van der Waals surface area contributed by atoms with Gasteiger partial charge in [-0.1, -0.05) is 57.7 Å². The molecule has 1 aromatic rings. The summed E-state index contributed by atoms with van der Waals surface area (Å²) in [6.45, 7) is 5.56. The van der Waals surface area contributed by atoms with Crippen LogP contribution in [0.2, 0.25) is 0 Å². The Hall–Kier alpha value is -0.820. The normalized spacial score (nSPS) is 31.9. The molecule has 0 amide bonds. The fraction of sp³-hybridized carbons (Fsp3) is 0.786. The van der Waals surface area contributed by atoms with Gasteiger partial charge in [0.25, 0.3) is 0 Å². The van der Waals surface area contributed by atoms with Gasteiger partial charge < -0.3 is 4.74 Å². The van der Waals surface area contributed by atoms with Crippen molar-refractivity contribution in [3.63, 3.8) is 0 Å². The van der Waals surface area contributed by atoms with Gasteiger partial charge in [0.15, 0.2) is 0 Å². The Bertz CT molecular complexity index is 635. The maximum Gasteiger partial charge on any atom is 0.0578 e. The molecular weight excluding hydrogens is 352 g/mol. The highest BCUT2D eigenvalue weighted by molar-refractivity contribution is 5.36. The minimum Gasteiger partial charge on any atom is -0.378 e. The maximum absolute atomic E-state index is 6.18. The van der Waals surface area contributed by atoms with Crippen molar-refractivity contribution >= 4 is 0 Å². The van der Waals surface area contributed by atoms with Crippen molar-refractivity contribution in [3.05, 3.63) is 34.9 Å². The molecule has 1 aromatic carbocycles. The Morgan fingerprint density at radius 1 is 0.862 bits per heavy atom. The second kappa shape index (κ2) is 10.5. The van der Waals surface area contributed by atoms with Gasteiger partial charge in [-0.2, -0.15) is 0 Å². The molecule has 2 fully saturated rings. The molecule has 162 valence electrons. The molecule has 0 aliphatic heterocycles. The largest absolute Gasteiger partial charge is 0.378 e. The Morgan fingerprint density at radius 3 is 2.55 bits per heavy atom. The fourth-order valence-electron chi connectivity index (χ4n) is 6.54. The second-order valence-electron chi connectivity index (χ2n) is 10.5. The number of rotatable bonds is 8. The van der Waals surface area contributed by atoms with E-state index in [1.807, 2.05) is 0 Å². The van der Waals surface area contributed by atoms with Gasteiger partial charge in [0.1, 0.15) is 0 Å². The zero-order valence-corrected chi connectivity index (χ0v) is 19.1. The van der Waals surface area contributed by atoms with Crippen LogP contribution in [0.4, 0.5) is 0 Å². The SMILES string of the molecule is CCCCOC1CCC2CC(c3ccc4c(c3)CCC(CCCC)C4)CCC2C1. The molecule has 2 saturated carbocycles. The van der Waals surface area contributed by atoms with Crippen LogP contribution in [-0.4, -0.2) is 12.7 Å². The third-order valence-electron chi connectivity index (χ3n) is 8.41. The van der Waals surface area contributed by atoms with Gasteiger partial charge in [-0.25, -0.2) is 0 Å². The lowest BCUT2D eigenvalue weighted by atomic mass is 9.65. The lowest BCUT2D eigenvalue weighted by molar-refractivity contribution is -0.0159. The Kier molecular flexibility index (Phi) is 7.73. The summed E-state index contributed by atoms with van der Waals surface area (Å²) >= 11 is 0. The fourth-order valence-corrected chi connectivity index (χ4v) is 6.54. The smallest absolute Gasteiger partial charge is 0.0578 e. The van der Waals surface area contributed by atoms with E-state index < -0.39 is 0 Å². The van der Waals surface area contributed by atoms with Gasteiger partial charge in [0, 0.05) is 6.61 Å². The molecule has 0 N–H and O–H groups in total. The van der Waals surface area contributed by atoms with E-state index in [1.54, 1.807) is 16.7 Å². The van der Waals surface area contributed by atoms with Crippen LogP contribution in [-0.2, 0) is 17.6 Å². The van der Waals surface area contributed by atoms with Crippen LogP contribution < -0.4 is 0 Å². The molecule has 0 aromatic heterocycles. The predicted octanol–water partition coefficient (Wildman–Crippen LogP) is 7.85. The van der Waals surface area contributed by atoms with Crippen LogP contribution in [0.3, 0.4) is 0 Å². The van der Waals surface area contributed by atoms with E-state index in [1.165, 1.54) is 89.9 Å². The molecule has 1 heteroatoms. The number of unbranched alkanes of at least 4 members (excludes halogenated alkanes) is 2. The quantitative estimate of drug-likeness (QED) is 0.406. The summed E-state index contributed by atoms with van der Waals surface area (Å²) in [5.74, 6) is 3.65. The average Bonchev–Trinajstić information content (AvgIpc) is 2.77. The van der Waals surface area contributed by atoms with E-state index in [4.69, 9.17) is 4.74 Å². The van der Waals surface area contributed by atoms with Crippen LogP contribution in [0.5, 0.6) is 0 Å². The highest BCUT2D eigenvalue weighted by atomic mass is 16.5. The van der Waals surface area contributed by atoms with Gasteiger partial charge in [-0.05, 0) is 105 Å². The summed E-state index contributed by atoms with van der Waals surface area (Å²) in [7, 11) is 0. The molecule has 0 heterocycles. The zero-order valence-electron chi connectivity index (χ0n) is 19.1. The molecule has 0 radical (unpaired) electrons. The molecule has 3 aliphatic rings. The second-order valence-corrected chi connectivity index (χ2v) is 10.5. The number of fused-ring (bicyclic) bond motifs is 2. The third kappa shape index (κ3) is 5.46. The summed E-state index contributed by atoms with van der Waals surface area (Å²) in [4.78, 5) is 0. The average molecular weight is 397 g/mol. The minimum absolute atomic E-state index is 0.559. The van der Waals surface area contributed by atoms with Gasteiger partial charge in [-0.3, -0.25) is 0 Å². The van der Waals surface area contributed by atoms with Crippen molar-refractivity contribution < 1.29 is 4.74 Å². The summed E-state index contributed by atoms with van der Waals surface area (Å²) in [6.07, 6.45) is 19.6. The van der Waals surface area contributed by atoms with Crippen molar-refractivity contribution in [2.24, 2.45) is 17.8 Å². The molecule has 29 heavy (non-hydrogen) atoms. The van der Waals surface area contributed by atoms with Crippen LogP contribution in [0.1, 0.15) is 114 Å². The zero-order chi connectivity index (χ0) is 20.1. The number of hydrogen-bond donors (Lipinski definition) is 0. The highest BCUT2D eigenvalue weighted by Gasteiger charge is 2.36. The molecule has 3 aliphatic carbocycles. The van der Waals surface area contributed by atoms with E-state index in [9.17, 15) is 0 Å². The molecular formula is C28H44O. The van der Waals surface area contributed by atoms with Crippen molar-refractivity contribution in [1.29, 1.82) is 0 Å². The van der Waals surface area contributed by atoms with Crippen molar-refractivity contribution in [3.8, 4) is 0 Å². The first-order valence-corrected chi connectivity index (χ1v) is 13.0. The van der Waals surface area contributed by atoms with Crippen LogP contribution in [0.15, 0.2) is 18.2 Å². The van der Waals surface area contributed by atoms with Gasteiger partial charge >= 0.3 is 0 Å². The lowest BCUT2D eigenvalue weighted by Crippen LogP contribution is -2.34. The van der Waals surface area contributed by atoms with E-state index in [-0.39, 0.29) is 0 Å². The molecule has 5 unspecified atom stereocenters. The summed E-state index contributed by atoms with van der Waals surface area (Å²) in [5.41, 5.74) is 5.01. The predicted molar refractivity (Wildman–Crippen MR) is 124 cm³/mol. The molecule has 0 saturated heterocycles. The monoisotopic (exact) mass is 396 g/mol. The lowest BCUT2D eigenvalue weighted by Gasteiger charge is -2.42. The van der Waals surface area contributed by atoms with E-state index in [0.717, 1.165) is 30.3 Å². The number of benzene rings is 1. The van der Waals surface area contributed by atoms with Crippen molar-refractivity contribution in [2.45, 2.75) is 116 Å². The summed E-state index contributed by atoms with van der Waals surface area (Å²) in [5, 5.41) is 0. The summed E-state index contributed by atoms with van der Waals surface area (Å²) < 4.78 is 6.18. The number of ether oxygens (including phenoxy) is 1. The number of hydrogen-bond acceptors (Lipinski definition) is 1. The van der Waals surface area contributed by atoms with Gasteiger partial charge in [0.05, 0.1) is 6.10 Å². The van der Waals surface area contributed by atoms with Crippen molar-refractivity contribution in [2.75, 3.05) is 6.61 Å². The van der Waals surface area contributed by atoms with Gasteiger partial charge in [0.2, 0.25) is 0 Å². The van der Waals surface area contributed by atoms with Crippen LogP contribution in [0, 0.1) is 17.8 Å². The maximum atomic E-state index is 6.18. The van der Waals surface area contributed by atoms with Gasteiger partial charge in [-0.15, -0.1) is 0 Å². The highest BCUT2D eigenvalue weighted by Crippen LogP contribution is 2.47. The molecule has 1 nitrogen and oxygen atoms in total. The van der Waals surface area contributed by atoms with E-state index in [2.05, 4.69) is 32.0 Å². The van der Waals surface area contributed by atoms with Crippen LogP contribution >= 0.6 is 0 Å². The first kappa shape index (κ1) is 21.4. The summed E-state index contributed by atoms with van der Waals surface area (Å²) in [6, 6.07) is 7.63. The minimum atomic E-state index is 0.559. The Labute approximate surface area is 180 Å². The first-order valence-electron chi connectivity index (χ1n) is 13.0. The Balaban J connectivity index is 1.31. The van der Waals surface area contributed by atoms with Crippen LogP contribution in [0.25, 0.3) is 0 Å². The van der Waals surface area contributed by atoms with E-state index >= 15 is 0 Å². The Morgan fingerprint density at radius 2 is 1.69 bits per heavy atom. The van der Waals surface area contributed by atoms with E-state index in [0.29, 0.717) is 6.10 Å². The van der Waals surface area contributed by atoms with Crippen molar-refractivity contribution in [1.82, 2.24) is 0 Å². The number of aryl methyl sites for hydroxylation is 1. The first-order chi connectivity index (χ1) is 14.3. The topological polar surface area (TPSA) is 9.23 Å². The molecule has 0 spiro atoms. The molecule has 4 rings (SSSR count). The standard InChI is InChI=1S/C28H44O/c1-3-5-7-21-8-9-23-18-24(11-10-22(23)17-21)25-12-13-27-20-28(29-16-6-4-2)15-14-26(27)19-25/h10-11,18,21,25-28H,3-9,12-17,19-20H2,1-2H3.